The lowest BCUT2D eigenvalue weighted by molar-refractivity contribution is -0.386. The van der Waals surface area contributed by atoms with Gasteiger partial charge in [0.15, 0.2) is 5.75 Å². The molecule has 1 N–H and O–H groups in total. The van der Waals surface area contributed by atoms with Crippen LogP contribution in [0.5, 0.6) is 5.75 Å². The van der Waals surface area contributed by atoms with Gasteiger partial charge in [-0.05, 0) is 6.92 Å². The van der Waals surface area contributed by atoms with Gasteiger partial charge in [-0.1, -0.05) is 0 Å². The van der Waals surface area contributed by atoms with E-state index in [1.165, 1.54) is 6.92 Å². The van der Waals surface area contributed by atoms with E-state index in [0.29, 0.717) is 6.20 Å². The SMILES string of the molecule is Cc1ncc(OC(F)(F)F)c(CC(=O)O)c1[N+](=O)[O-]. The van der Waals surface area contributed by atoms with Gasteiger partial charge in [0.1, 0.15) is 5.69 Å². The molecule has 0 aliphatic heterocycles. The minimum Gasteiger partial charge on any atom is -0.481 e. The standard InChI is InChI=1S/C9H7F3N2O5/c1-4-8(14(17)18)5(2-7(15)16)6(3-13-4)19-9(10,11)12/h3H,2H2,1H3,(H,15,16). The predicted molar refractivity (Wildman–Crippen MR) is 53.7 cm³/mol. The number of aliphatic carboxylic acids is 1. The van der Waals surface area contributed by atoms with Crippen LogP contribution in [0.1, 0.15) is 11.3 Å². The summed E-state index contributed by atoms with van der Waals surface area (Å²) in [5, 5.41) is 19.4. The Bertz CT molecular complexity index is 529. The first-order valence-electron chi connectivity index (χ1n) is 4.72. The summed E-state index contributed by atoms with van der Waals surface area (Å²) in [6.45, 7) is 1.18. The monoisotopic (exact) mass is 280 g/mol. The molecule has 0 bridgehead atoms. The maximum atomic E-state index is 12.1. The van der Waals surface area contributed by atoms with Crippen LogP contribution < -0.4 is 4.74 Å². The lowest BCUT2D eigenvalue weighted by Gasteiger charge is -2.12. The number of hydrogen-bond acceptors (Lipinski definition) is 5. The van der Waals surface area contributed by atoms with E-state index < -0.39 is 40.7 Å². The molecule has 19 heavy (non-hydrogen) atoms. The lowest BCUT2D eigenvalue weighted by Crippen LogP contribution is -2.20. The molecule has 1 aromatic heterocycles. The summed E-state index contributed by atoms with van der Waals surface area (Å²) < 4.78 is 39.9. The van der Waals surface area contributed by atoms with Crippen molar-refractivity contribution in [3.63, 3.8) is 0 Å². The smallest absolute Gasteiger partial charge is 0.481 e. The Labute approximate surface area is 103 Å². The highest BCUT2D eigenvalue weighted by atomic mass is 19.4. The van der Waals surface area contributed by atoms with Gasteiger partial charge in [-0.3, -0.25) is 19.9 Å². The molecule has 0 aromatic carbocycles. The molecule has 0 saturated carbocycles. The number of nitrogens with zero attached hydrogens (tertiary/aromatic N) is 2. The van der Waals surface area contributed by atoms with Crippen LogP contribution >= 0.6 is 0 Å². The largest absolute Gasteiger partial charge is 0.573 e. The van der Waals surface area contributed by atoms with Crippen LogP contribution in [0.25, 0.3) is 0 Å². The first-order valence-corrected chi connectivity index (χ1v) is 4.72. The van der Waals surface area contributed by atoms with Crippen molar-refractivity contribution in [1.82, 2.24) is 4.98 Å². The molecule has 7 nitrogen and oxygen atoms in total. The highest BCUT2D eigenvalue weighted by molar-refractivity contribution is 5.74. The van der Waals surface area contributed by atoms with Crippen LogP contribution in [0.3, 0.4) is 0 Å². The number of rotatable bonds is 4. The molecule has 0 aliphatic carbocycles. The van der Waals surface area contributed by atoms with Crippen molar-refractivity contribution in [2.75, 3.05) is 0 Å². The number of hydrogen-bond donors (Lipinski definition) is 1. The van der Waals surface area contributed by atoms with Crippen LogP contribution in [0.2, 0.25) is 0 Å². The van der Waals surface area contributed by atoms with E-state index in [1.54, 1.807) is 0 Å². The van der Waals surface area contributed by atoms with E-state index in [-0.39, 0.29) is 5.69 Å². The second kappa shape index (κ2) is 5.08. The normalized spacial score (nSPS) is 11.2. The molecule has 1 rings (SSSR count). The first-order chi connectivity index (χ1) is 8.61. The Hall–Kier alpha value is -2.39. The van der Waals surface area contributed by atoms with Crippen LogP contribution in [0.15, 0.2) is 6.20 Å². The molecule has 0 amide bonds. The Balaban J connectivity index is 3.42. The molecule has 1 aromatic rings. The summed E-state index contributed by atoms with van der Waals surface area (Å²) in [7, 11) is 0. The quantitative estimate of drug-likeness (QED) is 0.666. The Morgan fingerprint density at radius 3 is 2.58 bits per heavy atom. The predicted octanol–water partition coefficient (Wildman–Crippen LogP) is 1.82. The Morgan fingerprint density at radius 1 is 1.58 bits per heavy atom. The minimum absolute atomic E-state index is 0.198. The van der Waals surface area contributed by atoms with E-state index in [2.05, 4.69) is 9.72 Å². The molecule has 104 valence electrons. The van der Waals surface area contributed by atoms with E-state index in [0.717, 1.165) is 0 Å². The Morgan fingerprint density at radius 2 is 2.16 bits per heavy atom. The van der Waals surface area contributed by atoms with Crippen LogP contribution in [0, 0.1) is 17.0 Å². The number of carboxylic acids is 1. The second-order valence-electron chi connectivity index (χ2n) is 3.41. The van der Waals surface area contributed by atoms with Crippen molar-refractivity contribution in [3.8, 4) is 5.75 Å². The van der Waals surface area contributed by atoms with Gasteiger partial charge in [-0.15, -0.1) is 13.2 Å². The van der Waals surface area contributed by atoms with Crippen LogP contribution in [-0.4, -0.2) is 27.3 Å². The molecular weight excluding hydrogens is 273 g/mol. The third kappa shape index (κ3) is 3.79. The number of halogens is 3. The topological polar surface area (TPSA) is 103 Å². The highest BCUT2D eigenvalue weighted by Gasteiger charge is 2.35. The number of aromatic nitrogens is 1. The van der Waals surface area contributed by atoms with Gasteiger partial charge in [-0.25, -0.2) is 0 Å². The molecule has 0 radical (unpaired) electrons. The zero-order valence-corrected chi connectivity index (χ0v) is 9.39. The number of carbonyl (C=O) groups is 1. The van der Waals surface area contributed by atoms with Gasteiger partial charge in [0.05, 0.1) is 23.1 Å². The number of carboxylic acid groups (broad SMARTS) is 1. The molecular formula is C9H7F3N2O5. The van der Waals surface area contributed by atoms with Gasteiger partial charge in [0.25, 0.3) is 5.69 Å². The lowest BCUT2D eigenvalue weighted by atomic mass is 10.1. The van der Waals surface area contributed by atoms with E-state index in [9.17, 15) is 28.1 Å². The molecule has 1 heterocycles. The fourth-order valence-corrected chi connectivity index (χ4v) is 1.41. The average molecular weight is 280 g/mol. The molecule has 10 heteroatoms. The molecule has 0 fully saturated rings. The maximum Gasteiger partial charge on any atom is 0.573 e. The van der Waals surface area contributed by atoms with Gasteiger partial charge >= 0.3 is 12.3 Å². The summed E-state index contributed by atoms with van der Waals surface area (Å²) in [6, 6.07) is 0. The van der Waals surface area contributed by atoms with E-state index in [4.69, 9.17) is 5.11 Å². The molecule has 0 saturated heterocycles. The molecule has 0 aliphatic rings. The van der Waals surface area contributed by atoms with Gasteiger partial charge in [-0.2, -0.15) is 0 Å². The number of pyridine rings is 1. The summed E-state index contributed by atoms with van der Waals surface area (Å²) >= 11 is 0. The third-order valence-electron chi connectivity index (χ3n) is 2.04. The highest BCUT2D eigenvalue weighted by Crippen LogP contribution is 2.33. The molecule has 0 atom stereocenters. The summed E-state index contributed by atoms with van der Waals surface area (Å²) in [4.78, 5) is 23.8. The third-order valence-corrected chi connectivity index (χ3v) is 2.04. The summed E-state index contributed by atoms with van der Waals surface area (Å²) in [5.41, 5.74) is -1.68. The van der Waals surface area contributed by atoms with Gasteiger partial charge in [0.2, 0.25) is 0 Å². The zero-order chi connectivity index (χ0) is 14.8. The second-order valence-corrected chi connectivity index (χ2v) is 3.41. The fraction of sp³-hybridized carbons (Fsp3) is 0.333. The number of nitro groups is 1. The average Bonchev–Trinajstić information content (AvgIpc) is 2.19. The minimum atomic E-state index is -5.10. The van der Waals surface area contributed by atoms with Gasteiger partial charge in [0, 0.05) is 0 Å². The van der Waals surface area contributed by atoms with E-state index >= 15 is 0 Å². The number of ether oxygens (including phenoxy) is 1. The van der Waals surface area contributed by atoms with Crippen molar-refractivity contribution in [1.29, 1.82) is 0 Å². The number of aryl methyl sites for hydroxylation is 1. The van der Waals surface area contributed by atoms with Crippen molar-refractivity contribution >= 4 is 11.7 Å². The van der Waals surface area contributed by atoms with Gasteiger partial charge < -0.3 is 9.84 Å². The Kier molecular flexibility index (Phi) is 3.92. The van der Waals surface area contributed by atoms with Crippen molar-refractivity contribution in [2.24, 2.45) is 0 Å². The van der Waals surface area contributed by atoms with Crippen LogP contribution in [-0.2, 0) is 11.2 Å². The summed E-state index contributed by atoms with van der Waals surface area (Å²) in [6.07, 6.45) is -5.47. The van der Waals surface area contributed by atoms with E-state index in [1.807, 2.05) is 0 Å². The van der Waals surface area contributed by atoms with Crippen molar-refractivity contribution < 1.29 is 32.7 Å². The summed E-state index contributed by atoms with van der Waals surface area (Å²) in [5.74, 6) is -2.52. The maximum absolute atomic E-state index is 12.1. The van der Waals surface area contributed by atoms with Crippen LogP contribution in [0.4, 0.5) is 18.9 Å². The first kappa shape index (κ1) is 14.7. The fourth-order valence-electron chi connectivity index (χ4n) is 1.41. The van der Waals surface area contributed by atoms with Crippen molar-refractivity contribution in [2.45, 2.75) is 19.7 Å². The molecule has 0 unspecified atom stereocenters. The van der Waals surface area contributed by atoms with Crippen molar-refractivity contribution in [3.05, 3.63) is 27.6 Å². The number of alkyl halides is 3. The molecule has 0 spiro atoms. The zero-order valence-electron chi connectivity index (χ0n) is 9.39.